The highest BCUT2D eigenvalue weighted by Gasteiger charge is 2.27. The summed E-state index contributed by atoms with van der Waals surface area (Å²) in [7, 11) is 1.70. The lowest BCUT2D eigenvalue weighted by Gasteiger charge is -2.37. The Morgan fingerprint density at radius 1 is 0.941 bits per heavy atom. The Balaban J connectivity index is 1.35. The average molecular weight is 454 g/mol. The van der Waals surface area contributed by atoms with E-state index < -0.39 is 0 Å². The standard InChI is InChI=1S/C29H31N3O2/c1-21-11-13-22(14-12-21)24(25-20-30-26-8-4-3-7-23(25)26)19-29(33)32-17-15-31(16-18-32)27-9-5-6-10-28(27)34-2/h3-14,20,24,30H,15-19H2,1-2H3/t24-/m0/s1. The van der Waals surface area contributed by atoms with Gasteiger partial charge in [-0.2, -0.15) is 0 Å². The third-order valence-electron chi connectivity index (χ3n) is 6.91. The van der Waals surface area contributed by atoms with Crippen LogP contribution in [0.1, 0.15) is 29.0 Å². The first-order chi connectivity index (χ1) is 16.6. The summed E-state index contributed by atoms with van der Waals surface area (Å²) in [4.78, 5) is 21.2. The number of aryl methyl sites for hydroxylation is 1. The highest BCUT2D eigenvalue weighted by Crippen LogP contribution is 2.34. The van der Waals surface area contributed by atoms with Gasteiger partial charge < -0.3 is 19.5 Å². The van der Waals surface area contributed by atoms with E-state index in [2.05, 4.69) is 71.5 Å². The Hall–Kier alpha value is -3.73. The smallest absolute Gasteiger partial charge is 0.223 e. The molecule has 1 aliphatic heterocycles. The number of hydrogen-bond acceptors (Lipinski definition) is 3. The van der Waals surface area contributed by atoms with Gasteiger partial charge in [0.05, 0.1) is 12.8 Å². The van der Waals surface area contributed by atoms with Crippen molar-refractivity contribution in [3.63, 3.8) is 0 Å². The van der Waals surface area contributed by atoms with Gasteiger partial charge in [-0.3, -0.25) is 4.79 Å². The van der Waals surface area contributed by atoms with Crippen LogP contribution in [0.25, 0.3) is 10.9 Å². The van der Waals surface area contributed by atoms with Gasteiger partial charge in [0, 0.05) is 55.6 Å². The molecular weight excluding hydrogens is 422 g/mol. The summed E-state index contributed by atoms with van der Waals surface area (Å²) in [6.45, 7) is 5.12. The largest absolute Gasteiger partial charge is 0.495 e. The second-order valence-electron chi connectivity index (χ2n) is 9.00. The van der Waals surface area contributed by atoms with E-state index in [1.165, 1.54) is 22.1 Å². The summed E-state index contributed by atoms with van der Waals surface area (Å²) in [6.07, 6.45) is 2.53. The number of amides is 1. The van der Waals surface area contributed by atoms with Crippen LogP contribution in [0.4, 0.5) is 5.69 Å². The number of piperazine rings is 1. The highest BCUT2D eigenvalue weighted by atomic mass is 16.5. The molecule has 1 atom stereocenters. The second-order valence-corrected chi connectivity index (χ2v) is 9.00. The van der Waals surface area contributed by atoms with Crippen LogP contribution in [0.3, 0.4) is 0 Å². The number of fused-ring (bicyclic) bond motifs is 1. The van der Waals surface area contributed by atoms with Gasteiger partial charge in [-0.05, 0) is 36.2 Å². The number of nitrogens with one attached hydrogen (secondary N) is 1. The van der Waals surface area contributed by atoms with E-state index in [9.17, 15) is 4.79 Å². The summed E-state index contributed by atoms with van der Waals surface area (Å²) in [5.41, 5.74) is 5.78. The van der Waals surface area contributed by atoms with E-state index in [4.69, 9.17) is 4.74 Å². The summed E-state index contributed by atoms with van der Waals surface area (Å²) in [5.74, 6) is 1.09. The molecule has 2 heterocycles. The monoisotopic (exact) mass is 453 g/mol. The summed E-state index contributed by atoms with van der Waals surface area (Å²) in [5, 5.41) is 1.18. The Morgan fingerprint density at radius 2 is 1.65 bits per heavy atom. The molecule has 4 aromatic rings. The third-order valence-corrected chi connectivity index (χ3v) is 6.91. The maximum atomic E-state index is 13.5. The molecule has 0 bridgehead atoms. The van der Waals surface area contributed by atoms with Crippen molar-refractivity contribution >= 4 is 22.5 Å². The first-order valence-electron chi connectivity index (χ1n) is 11.9. The fourth-order valence-electron chi connectivity index (χ4n) is 4.98. The van der Waals surface area contributed by atoms with Crippen molar-refractivity contribution in [2.75, 3.05) is 38.2 Å². The minimum Gasteiger partial charge on any atom is -0.495 e. The molecule has 5 nitrogen and oxygen atoms in total. The third kappa shape index (κ3) is 4.38. The number of aromatic amines is 1. The molecule has 5 heteroatoms. The van der Waals surface area contributed by atoms with Crippen molar-refractivity contribution in [3.8, 4) is 5.75 Å². The number of hydrogen-bond donors (Lipinski definition) is 1. The van der Waals surface area contributed by atoms with Crippen LogP contribution in [-0.4, -0.2) is 49.1 Å². The molecule has 0 aliphatic carbocycles. The van der Waals surface area contributed by atoms with Crippen LogP contribution in [0.15, 0.2) is 79.0 Å². The topological polar surface area (TPSA) is 48.6 Å². The normalized spacial score (nSPS) is 14.9. The second kappa shape index (κ2) is 9.64. The average Bonchev–Trinajstić information content (AvgIpc) is 3.32. The molecule has 1 fully saturated rings. The van der Waals surface area contributed by atoms with E-state index in [-0.39, 0.29) is 11.8 Å². The molecule has 34 heavy (non-hydrogen) atoms. The number of rotatable bonds is 6. The number of methoxy groups -OCH3 is 1. The highest BCUT2D eigenvalue weighted by molar-refractivity contribution is 5.86. The fourth-order valence-corrected chi connectivity index (χ4v) is 4.98. The van der Waals surface area contributed by atoms with E-state index in [0.717, 1.165) is 30.0 Å². The molecule has 1 saturated heterocycles. The van der Waals surface area contributed by atoms with Gasteiger partial charge in [0.15, 0.2) is 0 Å². The number of aromatic nitrogens is 1. The SMILES string of the molecule is COc1ccccc1N1CCN(C(=O)C[C@@H](c2ccc(C)cc2)c2c[nH]c3ccccc23)CC1. The number of carbonyl (C=O) groups is 1. The molecule has 1 aromatic heterocycles. The number of nitrogens with zero attached hydrogens (tertiary/aromatic N) is 2. The minimum atomic E-state index is 0.0106. The number of anilines is 1. The van der Waals surface area contributed by atoms with Crippen LogP contribution in [0, 0.1) is 6.92 Å². The molecular formula is C29H31N3O2. The van der Waals surface area contributed by atoms with Crippen molar-refractivity contribution in [1.29, 1.82) is 0 Å². The van der Waals surface area contributed by atoms with Crippen molar-refractivity contribution in [2.45, 2.75) is 19.3 Å². The molecule has 3 aromatic carbocycles. The van der Waals surface area contributed by atoms with Crippen molar-refractivity contribution in [1.82, 2.24) is 9.88 Å². The van der Waals surface area contributed by atoms with Crippen molar-refractivity contribution < 1.29 is 9.53 Å². The Kier molecular flexibility index (Phi) is 6.26. The Labute approximate surface area is 201 Å². The van der Waals surface area contributed by atoms with E-state index in [1.807, 2.05) is 29.2 Å². The van der Waals surface area contributed by atoms with E-state index in [0.29, 0.717) is 19.5 Å². The van der Waals surface area contributed by atoms with Crippen molar-refractivity contribution in [2.24, 2.45) is 0 Å². The number of para-hydroxylation sites is 3. The van der Waals surface area contributed by atoms with Gasteiger partial charge in [-0.15, -0.1) is 0 Å². The van der Waals surface area contributed by atoms with Crippen LogP contribution >= 0.6 is 0 Å². The summed E-state index contributed by atoms with van der Waals surface area (Å²) >= 11 is 0. The number of benzene rings is 3. The van der Waals surface area contributed by atoms with Crippen LogP contribution in [-0.2, 0) is 4.79 Å². The predicted molar refractivity (Wildman–Crippen MR) is 138 cm³/mol. The van der Waals surface area contributed by atoms with Crippen LogP contribution in [0.5, 0.6) is 5.75 Å². The Morgan fingerprint density at radius 3 is 2.41 bits per heavy atom. The summed E-state index contributed by atoms with van der Waals surface area (Å²) < 4.78 is 5.53. The number of ether oxygens (including phenoxy) is 1. The van der Waals surface area contributed by atoms with Gasteiger partial charge in [-0.1, -0.05) is 60.2 Å². The molecule has 0 saturated carbocycles. The molecule has 1 N–H and O–H groups in total. The molecule has 1 amide bonds. The lowest BCUT2D eigenvalue weighted by molar-refractivity contribution is -0.131. The lowest BCUT2D eigenvalue weighted by Crippen LogP contribution is -2.49. The molecule has 0 spiro atoms. The molecule has 0 radical (unpaired) electrons. The fraction of sp³-hybridized carbons (Fsp3) is 0.276. The summed E-state index contributed by atoms with van der Waals surface area (Å²) in [6, 6.07) is 25.0. The van der Waals surface area contributed by atoms with Gasteiger partial charge in [0.25, 0.3) is 0 Å². The zero-order chi connectivity index (χ0) is 23.5. The predicted octanol–water partition coefficient (Wildman–Crippen LogP) is 5.36. The van der Waals surface area contributed by atoms with Gasteiger partial charge in [-0.25, -0.2) is 0 Å². The van der Waals surface area contributed by atoms with Crippen LogP contribution in [0.2, 0.25) is 0 Å². The Bertz CT molecular complexity index is 1270. The number of carbonyl (C=O) groups excluding carboxylic acids is 1. The molecule has 0 unspecified atom stereocenters. The maximum absolute atomic E-state index is 13.5. The molecule has 174 valence electrons. The molecule has 5 rings (SSSR count). The van der Waals surface area contributed by atoms with Crippen molar-refractivity contribution in [3.05, 3.63) is 95.7 Å². The number of H-pyrrole nitrogens is 1. The first kappa shape index (κ1) is 22.1. The quantitative estimate of drug-likeness (QED) is 0.428. The first-order valence-corrected chi connectivity index (χ1v) is 11.9. The van der Waals surface area contributed by atoms with Crippen LogP contribution < -0.4 is 9.64 Å². The zero-order valence-corrected chi connectivity index (χ0v) is 19.8. The van der Waals surface area contributed by atoms with E-state index >= 15 is 0 Å². The van der Waals surface area contributed by atoms with E-state index in [1.54, 1.807) is 7.11 Å². The minimum absolute atomic E-state index is 0.0106. The zero-order valence-electron chi connectivity index (χ0n) is 19.8. The van der Waals surface area contributed by atoms with Gasteiger partial charge >= 0.3 is 0 Å². The maximum Gasteiger partial charge on any atom is 0.223 e. The van der Waals surface area contributed by atoms with Gasteiger partial charge in [0.2, 0.25) is 5.91 Å². The molecule has 1 aliphatic rings. The lowest BCUT2D eigenvalue weighted by atomic mass is 9.87. The van der Waals surface area contributed by atoms with Gasteiger partial charge in [0.1, 0.15) is 5.75 Å².